The third kappa shape index (κ3) is 4.97. The van der Waals surface area contributed by atoms with E-state index in [-0.39, 0.29) is 29.6 Å². The third-order valence-corrected chi connectivity index (χ3v) is 4.71. The number of piperidine rings is 1. The molecule has 1 saturated heterocycles. The lowest BCUT2D eigenvalue weighted by molar-refractivity contribution is -0.125. The molecule has 0 spiro atoms. The van der Waals surface area contributed by atoms with E-state index in [0.717, 1.165) is 30.4 Å². The van der Waals surface area contributed by atoms with Gasteiger partial charge in [-0.25, -0.2) is 0 Å². The molecule has 0 atom stereocenters. The number of carbonyl (C=O) groups excluding carboxylic acids is 1. The first-order chi connectivity index (χ1) is 9.50. The smallest absolute Gasteiger partial charge is 0.223 e. The van der Waals surface area contributed by atoms with Gasteiger partial charge in [-0.2, -0.15) is 0 Å². The van der Waals surface area contributed by atoms with Gasteiger partial charge in [0.25, 0.3) is 0 Å². The van der Waals surface area contributed by atoms with E-state index >= 15 is 0 Å². The number of rotatable bonds is 4. The molecule has 0 aromatic heterocycles. The number of hydrogen-bond acceptors (Lipinski definition) is 2. The van der Waals surface area contributed by atoms with Gasteiger partial charge in [0.05, 0.1) is 0 Å². The van der Waals surface area contributed by atoms with Crippen molar-refractivity contribution in [1.82, 2.24) is 10.6 Å². The lowest BCUT2D eigenvalue weighted by Gasteiger charge is -2.29. The monoisotopic (exact) mass is 374 g/mol. The molecule has 1 heterocycles. The van der Waals surface area contributed by atoms with Gasteiger partial charge >= 0.3 is 0 Å². The summed E-state index contributed by atoms with van der Waals surface area (Å²) in [6.07, 6.45) is 1.89. The second-order valence-electron chi connectivity index (χ2n) is 6.11. The Balaban J connectivity index is 0.00000220. The highest BCUT2D eigenvalue weighted by molar-refractivity contribution is 9.10. The van der Waals surface area contributed by atoms with E-state index in [0.29, 0.717) is 6.54 Å². The van der Waals surface area contributed by atoms with Gasteiger partial charge in [0.1, 0.15) is 0 Å². The summed E-state index contributed by atoms with van der Waals surface area (Å²) in [7, 11) is 0. The van der Waals surface area contributed by atoms with Crippen molar-refractivity contribution < 1.29 is 4.79 Å². The molecule has 0 radical (unpaired) electrons. The van der Waals surface area contributed by atoms with E-state index in [2.05, 4.69) is 46.5 Å². The van der Waals surface area contributed by atoms with Gasteiger partial charge in [-0.1, -0.05) is 48.0 Å². The van der Waals surface area contributed by atoms with Crippen LogP contribution in [0.1, 0.15) is 32.3 Å². The first-order valence-electron chi connectivity index (χ1n) is 7.24. The molecule has 1 amide bonds. The van der Waals surface area contributed by atoms with Crippen molar-refractivity contribution in [3.05, 3.63) is 34.3 Å². The van der Waals surface area contributed by atoms with Crippen LogP contribution in [0.3, 0.4) is 0 Å². The SMILES string of the molecule is CC(C)(CNC(=O)C1CCNCC1)c1ccccc1Br.Cl. The normalized spacial score (nSPS) is 16.1. The van der Waals surface area contributed by atoms with Crippen LogP contribution < -0.4 is 10.6 Å². The molecule has 1 aliphatic rings. The number of nitrogens with one attached hydrogen (secondary N) is 2. The van der Waals surface area contributed by atoms with Gasteiger partial charge in [-0.15, -0.1) is 12.4 Å². The van der Waals surface area contributed by atoms with Crippen molar-refractivity contribution in [3.63, 3.8) is 0 Å². The fourth-order valence-electron chi connectivity index (χ4n) is 2.64. The molecule has 0 unspecified atom stereocenters. The van der Waals surface area contributed by atoms with Gasteiger partial charge in [0.2, 0.25) is 5.91 Å². The second-order valence-corrected chi connectivity index (χ2v) is 6.96. The fourth-order valence-corrected chi connectivity index (χ4v) is 3.46. The van der Waals surface area contributed by atoms with Crippen molar-refractivity contribution in [2.75, 3.05) is 19.6 Å². The molecule has 0 saturated carbocycles. The molecule has 1 aliphatic heterocycles. The van der Waals surface area contributed by atoms with Crippen molar-refractivity contribution in [2.45, 2.75) is 32.1 Å². The van der Waals surface area contributed by atoms with E-state index in [4.69, 9.17) is 0 Å². The summed E-state index contributed by atoms with van der Waals surface area (Å²) in [5.74, 6) is 0.373. The molecule has 3 nitrogen and oxygen atoms in total. The standard InChI is InChI=1S/C16H23BrN2O.ClH/c1-16(2,13-5-3-4-6-14(13)17)11-19-15(20)12-7-9-18-10-8-12;/h3-6,12,18H,7-11H2,1-2H3,(H,19,20);1H. The fraction of sp³-hybridized carbons (Fsp3) is 0.562. The maximum Gasteiger partial charge on any atom is 0.223 e. The Morgan fingerprint density at radius 1 is 1.33 bits per heavy atom. The summed E-state index contributed by atoms with van der Waals surface area (Å²) in [5, 5.41) is 6.42. The zero-order valence-corrected chi connectivity index (χ0v) is 15.0. The van der Waals surface area contributed by atoms with Crippen LogP contribution in [0.15, 0.2) is 28.7 Å². The molecular weight excluding hydrogens is 352 g/mol. The Kier molecular flexibility index (Phi) is 7.17. The van der Waals surface area contributed by atoms with Crippen molar-refractivity contribution in [2.24, 2.45) is 5.92 Å². The Hall–Kier alpha value is -0.580. The van der Waals surface area contributed by atoms with Crippen LogP contribution in [0.2, 0.25) is 0 Å². The molecule has 0 bridgehead atoms. The minimum Gasteiger partial charge on any atom is -0.355 e. The summed E-state index contributed by atoms with van der Waals surface area (Å²) in [6.45, 7) is 6.89. The quantitative estimate of drug-likeness (QED) is 0.848. The zero-order valence-electron chi connectivity index (χ0n) is 12.6. The molecule has 118 valence electrons. The van der Waals surface area contributed by atoms with E-state index in [1.54, 1.807) is 0 Å². The summed E-state index contributed by atoms with van der Waals surface area (Å²) in [5.41, 5.74) is 1.15. The van der Waals surface area contributed by atoms with Gasteiger partial charge in [0.15, 0.2) is 0 Å². The Morgan fingerprint density at radius 3 is 2.57 bits per heavy atom. The predicted molar refractivity (Wildman–Crippen MR) is 93.0 cm³/mol. The Morgan fingerprint density at radius 2 is 1.95 bits per heavy atom. The summed E-state index contributed by atoms with van der Waals surface area (Å²) >= 11 is 3.59. The average molecular weight is 376 g/mol. The third-order valence-electron chi connectivity index (χ3n) is 4.02. The zero-order chi connectivity index (χ0) is 14.6. The van der Waals surface area contributed by atoms with Crippen LogP contribution in [0.25, 0.3) is 0 Å². The molecule has 0 aliphatic carbocycles. The molecule has 5 heteroatoms. The van der Waals surface area contributed by atoms with Crippen LogP contribution in [0.5, 0.6) is 0 Å². The summed E-state index contributed by atoms with van der Waals surface area (Å²) in [4.78, 5) is 12.2. The Bertz CT molecular complexity index is 473. The van der Waals surface area contributed by atoms with E-state index in [9.17, 15) is 4.79 Å². The lowest BCUT2D eigenvalue weighted by atomic mass is 9.84. The maximum absolute atomic E-state index is 12.2. The van der Waals surface area contributed by atoms with Crippen LogP contribution in [0.4, 0.5) is 0 Å². The van der Waals surface area contributed by atoms with Gasteiger partial charge in [-0.05, 0) is 37.6 Å². The summed E-state index contributed by atoms with van der Waals surface area (Å²) in [6, 6.07) is 8.21. The van der Waals surface area contributed by atoms with Crippen LogP contribution in [-0.4, -0.2) is 25.5 Å². The molecule has 1 fully saturated rings. The molecular formula is C16H24BrClN2O. The van der Waals surface area contributed by atoms with Gasteiger partial charge in [-0.3, -0.25) is 4.79 Å². The molecule has 1 aromatic carbocycles. The largest absolute Gasteiger partial charge is 0.355 e. The predicted octanol–water partition coefficient (Wildman–Crippen LogP) is 3.26. The highest BCUT2D eigenvalue weighted by atomic mass is 79.9. The number of carbonyl (C=O) groups is 1. The lowest BCUT2D eigenvalue weighted by Crippen LogP contribution is -2.42. The minimum absolute atomic E-state index is 0. The first kappa shape index (κ1) is 18.5. The van der Waals surface area contributed by atoms with Gasteiger partial charge < -0.3 is 10.6 Å². The van der Waals surface area contributed by atoms with Gasteiger partial charge in [0, 0.05) is 22.4 Å². The number of hydrogen-bond donors (Lipinski definition) is 2. The number of benzene rings is 1. The average Bonchev–Trinajstić information content (AvgIpc) is 2.46. The van der Waals surface area contributed by atoms with E-state index < -0.39 is 0 Å². The first-order valence-corrected chi connectivity index (χ1v) is 8.03. The maximum atomic E-state index is 12.2. The molecule has 21 heavy (non-hydrogen) atoms. The van der Waals surface area contributed by atoms with Crippen molar-refractivity contribution in [1.29, 1.82) is 0 Å². The van der Waals surface area contributed by atoms with Crippen LogP contribution >= 0.6 is 28.3 Å². The molecule has 2 N–H and O–H groups in total. The van der Waals surface area contributed by atoms with Crippen LogP contribution in [-0.2, 0) is 10.2 Å². The Labute approximate surface area is 141 Å². The summed E-state index contributed by atoms with van der Waals surface area (Å²) < 4.78 is 1.10. The van der Waals surface area contributed by atoms with Crippen molar-refractivity contribution in [3.8, 4) is 0 Å². The highest BCUT2D eigenvalue weighted by Gasteiger charge is 2.26. The number of halogens is 2. The van der Waals surface area contributed by atoms with Crippen LogP contribution in [0, 0.1) is 5.92 Å². The molecule has 2 rings (SSSR count). The minimum atomic E-state index is -0.0807. The second kappa shape index (κ2) is 8.16. The van der Waals surface area contributed by atoms with E-state index in [1.165, 1.54) is 5.56 Å². The number of amides is 1. The van der Waals surface area contributed by atoms with E-state index in [1.807, 2.05) is 18.2 Å². The molecule has 1 aromatic rings. The topological polar surface area (TPSA) is 41.1 Å². The highest BCUT2D eigenvalue weighted by Crippen LogP contribution is 2.29. The van der Waals surface area contributed by atoms with Crippen molar-refractivity contribution >= 4 is 34.2 Å².